The van der Waals surface area contributed by atoms with E-state index in [0.717, 1.165) is 11.6 Å². The van der Waals surface area contributed by atoms with Crippen LogP contribution in [0.5, 0.6) is 17.2 Å². The van der Waals surface area contributed by atoms with E-state index in [1.807, 2.05) is 0 Å². The summed E-state index contributed by atoms with van der Waals surface area (Å²) in [5.41, 5.74) is 0.909. The molecule has 0 spiro atoms. The highest BCUT2D eigenvalue weighted by Crippen LogP contribution is 2.41. The molecule has 0 aliphatic carbocycles. The SMILES string of the molecule is COc1cc(CNc2cccc(F)c2F)cc2c1OCO2. The molecule has 1 N–H and O–H groups in total. The summed E-state index contributed by atoms with van der Waals surface area (Å²) in [7, 11) is 1.53. The van der Waals surface area contributed by atoms with E-state index >= 15 is 0 Å². The van der Waals surface area contributed by atoms with E-state index in [2.05, 4.69) is 5.32 Å². The third kappa shape index (κ3) is 2.56. The second-order valence-corrected chi connectivity index (χ2v) is 4.49. The third-order valence-electron chi connectivity index (χ3n) is 3.15. The lowest BCUT2D eigenvalue weighted by Crippen LogP contribution is -2.03. The van der Waals surface area contributed by atoms with Gasteiger partial charge < -0.3 is 19.5 Å². The van der Waals surface area contributed by atoms with Gasteiger partial charge in [0.2, 0.25) is 12.5 Å². The lowest BCUT2D eigenvalue weighted by molar-refractivity contribution is 0.171. The number of nitrogens with one attached hydrogen (secondary N) is 1. The Labute approximate surface area is 120 Å². The van der Waals surface area contributed by atoms with Gasteiger partial charge >= 0.3 is 0 Å². The molecular weight excluding hydrogens is 280 g/mol. The summed E-state index contributed by atoms with van der Waals surface area (Å²) in [6.45, 7) is 0.439. The highest BCUT2D eigenvalue weighted by Gasteiger charge is 2.20. The molecule has 2 aromatic carbocycles. The van der Waals surface area contributed by atoms with Crippen LogP contribution in [0, 0.1) is 11.6 Å². The standard InChI is InChI=1S/C15H13F2NO3/c1-19-12-5-9(6-13-15(12)21-8-20-13)7-18-11-4-2-3-10(16)14(11)17/h2-6,18H,7-8H2,1H3. The van der Waals surface area contributed by atoms with E-state index in [0.29, 0.717) is 23.8 Å². The maximum absolute atomic E-state index is 13.6. The van der Waals surface area contributed by atoms with Gasteiger partial charge in [0.1, 0.15) is 0 Å². The van der Waals surface area contributed by atoms with Gasteiger partial charge in [-0.1, -0.05) is 6.07 Å². The molecular formula is C15H13F2NO3. The van der Waals surface area contributed by atoms with Crippen molar-refractivity contribution >= 4 is 5.69 Å². The third-order valence-corrected chi connectivity index (χ3v) is 3.15. The molecule has 0 aromatic heterocycles. The quantitative estimate of drug-likeness (QED) is 0.938. The molecule has 21 heavy (non-hydrogen) atoms. The second kappa shape index (κ2) is 5.47. The number of hydrogen-bond acceptors (Lipinski definition) is 4. The van der Waals surface area contributed by atoms with Gasteiger partial charge in [-0.25, -0.2) is 8.78 Å². The molecule has 1 heterocycles. The molecule has 0 bridgehead atoms. The van der Waals surface area contributed by atoms with Gasteiger partial charge in [0, 0.05) is 6.54 Å². The van der Waals surface area contributed by atoms with Gasteiger partial charge in [-0.05, 0) is 29.8 Å². The minimum Gasteiger partial charge on any atom is -0.493 e. The lowest BCUT2D eigenvalue weighted by Gasteiger charge is -2.11. The Bertz CT molecular complexity index is 676. The van der Waals surface area contributed by atoms with Crippen LogP contribution in [0.4, 0.5) is 14.5 Å². The predicted octanol–water partition coefficient (Wildman–Crippen LogP) is 3.31. The van der Waals surface area contributed by atoms with E-state index in [1.54, 1.807) is 12.1 Å². The monoisotopic (exact) mass is 293 g/mol. The molecule has 3 rings (SSSR count). The van der Waals surface area contributed by atoms with E-state index in [-0.39, 0.29) is 12.5 Å². The molecule has 110 valence electrons. The summed E-state index contributed by atoms with van der Waals surface area (Å²) in [4.78, 5) is 0. The zero-order valence-corrected chi connectivity index (χ0v) is 11.3. The summed E-state index contributed by atoms with van der Waals surface area (Å²) in [6, 6.07) is 7.53. The molecule has 0 atom stereocenters. The molecule has 0 saturated heterocycles. The van der Waals surface area contributed by atoms with Crippen LogP contribution in [0.2, 0.25) is 0 Å². The molecule has 2 aromatic rings. The van der Waals surface area contributed by atoms with Gasteiger partial charge in [-0.2, -0.15) is 0 Å². The minimum absolute atomic E-state index is 0.103. The number of halogens is 2. The number of benzene rings is 2. The summed E-state index contributed by atoms with van der Waals surface area (Å²) < 4.78 is 42.5. The molecule has 0 amide bonds. The Morgan fingerprint density at radius 1 is 1.24 bits per heavy atom. The van der Waals surface area contributed by atoms with E-state index in [4.69, 9.17) is 14.2 Å². The maximum Gasteiger partial charge on any atom is 0.231 e. The average molecular weight is 293 g/mol. The van der Waals surface area contributed by atoms with Crippen molar-refractivity contribution in [2.75, 3.05) is 19.2 Å². The first-order valence-electron chi connectivity index (χ1n) is 6.33. The zero-order valence-electron chi connectivity index (χ0n) is 11.3. The fourth-order valence-electron chi connectivity index (χ4n) is 2.12. The van der Waals surface area contributed by atoms with E-state index in [1.165, 1.54) is 19.2 Å². The normalized spacial score (nSPS) is 12.3. The molecule has 0 radical (unpaired) electrons. The van der Waals surface area contributed by atoms with Crippen LogP contribution in [0.15, 0.2) is 30.3 Å². The van der Waals surface area contributed by atoms with Crippen LogP contribution < -0.4 is 19.5 Å². The summed E-state index contributed by atoms with van der Waals surface area (Å²) in [6.07, 6.45) is 0. The van der Waals surface area contributed by atoms with Crippen molar-refractivity contribution in [1.29, 1.82) is 0 Å². The van der Waals surface area contributed by atoms with Crippen molar-refractivity contribution in [2.24, 2.45) is 0 Å². The Balaban J connectivity index is 1.81. The minimum atomic E-state index is -0.898. The first-order valence-corrected chi connectivity index (χ1v) is 6.33. The van der Waals surface area contributed by atoms with Crippen molar-refractivity contribution in [2.45, 2.75) is 6.54 Å². The molecule has 1 aliphatic rings. The van der Waals surface area contributed by atoms with E-state index < -0.39 is 11.6 Å². The largest absolute Gasteiger partial charge is 0.493 e. The fourth-order valence-corrected chi connectivity index (χ4v) is 2.12. The Hall–Kier alpha value is -2.50. The van der Waals surface area contributed by atoms with E-state index in [9.17, 15) is 8.78 Å². The number of fused-ring (bicyclic) bond motifs is 1. The van der Waals surface area contributed by atoms with Crippen molar-refractivity contribution in [3.63, 3.8) is 0 Å². The van der Waals surface area contributed by atoms with Gasteiger partial charge in [0.25, 0.3) is 0 Å². The maximum atomic E-state index is 13.6. The molecule has 1 aliphatic heterocycles. The van der Waals surface area contributed by atoms with Crippen molar-refractivity contribution in [3.05, 3.63) is 47.5 Å². The van der Waals surface area contributed by atoms with Gasteiger partial charge in [0.15, 0.2) is 23.1 Å². The lowest BCUT2D eigenvalue weighted by atomic mass is 10.1. The van der Waals surface area contributed by atoms with Crippen molar-refractivity contribution in [1.82, 2.24) is 0 Å². The van der Waals surface area contributed by atoms with Crippen LogP contribution in [0.25, 0.3) is 0 Å². The summed E-state index contributed by atoms with van der Waals surface area (Å²) in [5, 5.41) is 2.85. The van der Waals surface area contributed by atoms with Crippen molar-refractivity contribution < 1.29 is 23.0 Å². The highest BCUT2D eigenvalue weighted by atomic mass is 19.2. The van der Waals surface area contributed by atoms with Crippen LogP contribution in [-0.2, 0) is 6.54 Å². The number of rotatable bonds is 4. The van der Waals surface area contributed by atoms with Gasteiger partial charge in [0.05, 0.1) is 12.8 Å². The van der Waals surface area contributed by atoms with Crippen LogP contribution in [0.1, 0.15) is 5.56 Å². The first-order chi connectivity index (χ1) is 10.2. The van der Waals surface area contributed by atoms with Gasteiger partial charge in [-0.3, -0.25) is 0 Å². The second-order valence-electron chi connectivity index (χ2n) is 4.49. The van der Waals surface area contributed by atoms with Crippen LogP contribution >= 0.6 is 0 Å². The smallest absolute Gasteiger partial charge is 0.231 e. The fraction of sp³-hybridized carbons (Fsp3) is 0.200. The number of hydrogen-bond donors (Lipinski definition) is 1. The summed E-state index contributed by atoms with van der Waals surface area (Å²) in [5.74, 6) is -0.112. The molecule has 6 heteroatoms. The topological polar surface area (TPSA) is 39.7 Å². The number of anilines is 1. The Kier molecular flexibility index (Phi) is 3.51. The Morgan fingerprint density at radius 3 is 2.90 bits per heavy atom. The molecule has 0 unspecified atom stereocenters. The predicted molar refractivity (Wildman–Crippen MR) is 72.8 cm³/mol. The Morgan fingerprint density at radius 2 is 2.10 bits per heavy atom. The summed E-state index contributed by atoms with van der Waals surface area (Å²) >= 11 is 0. The number of methoxy groups -OCH3 is 1. The van der Waals surface area contributed by atoms with Crippen LogP contribution in [0.3, 0.4) is 0 Å². The zero-order chi connectivity index (χ0) is 14.8. The molecule has 4 nitrogen and oxygen atoms in total. The highest BCUT2D eigenvalue weighted by molar-refractivity contribution is 5.56. The average Bonchev–Trinajstić information content (AvgIpc) is 2.96. The molecule has 0 saturated carbocycles. The van der Waals surface area contributed by atoms with Crippen LogP contribution in [-0.4, -0.2) is 13.9 Å². The first kappa shape index (κ1) is 13.5. The molecule has 0 fully saturated rings. The van der Waals surface area contributed by atoms with Gasteiger partial charge in [-0.15, -0.1) is 0 Å². The number of ether oxygens (including phenoxy) is 3. The van der Waals surface area contributed by atoms with Crippen molar-refractivity contribution in [3.8, 4) is 17.2 Å².